The number of rotatable bonds is 3. The first-order valence-corrected chi connectivity index (χ1v) is 4.25. The summed E-state index contributed by atoms with van der Waals surface area (Å²) in [6.45, 7) is 2.62. The largest absolute Gasteiger partial charge is 0.351 e. The predicted octanol–water partition coefficient (Wildman–Crippen LogP) is 0.570. The van der Waals surface area contributed by atoms with E-state index in [2.05, 4.69) is 5.32 Å². The number of nitrogens with one attached hydrogen (secondary N) is 1. The van der Waals surface area contributed by atoms with E-state index in [4.69, 9.17) is 5.73 Å². The average Bonchev–Trinajstić information content (AvgIpc) is 2.16. The number of carbonyl (C=O) groups excluding carboxylic acids is 1. The Labute approximate surface area is 77.9 Å². The summed E-state index contributed by atoms with van der Waals surface area (Å²) in [5.74, 6) is -0.122. The fourth-order valence-corrected chi connectivity index (χ4v) is 1.07. The van der Waals surface area contributed by atoms with Gasteiger partial charge in [-0.25, -0.2) is 0 Å². The zero-order valence-electron chi connectivity index (χ0n) is 7.71. The van der Waals surface area contributed by atoms with Crippen molar-refractivity contribution in [3.63, 3.8) is 0 Å². The third-order valence-electron chi connectivity index (χ3n) is 1.92. The Morgan fingerprint density at radius 3 is 2.77 bits per heavy atom. The molecule has 3 nitrogen and oxygen atoms in total. The zero-order valence-corrected chi connectivity index (χ0v) is 7.71. The summed E-state index contributed by atoms with van der Waals surface area (Å²) < 4.78 is 0. The second-order valence-electron chi connectivity index (χ2n) is 2.91. The summed E-state index contributed by atoms with van der Waals surface area (Å²) in [6, 6.07) is 7.94. The Balaban J connectivity index is 2.54. The smallest absolute Gasteiger partial charge is 0.234 e. The van der Waals surface area contributed by atoms with Crippen LogP contribution in [0.25, 0.3) is 0 Å². The van der Waals surface area contributed by atoms with Crippen molar-refractivity contribution in [1.29, 1.82) is 0 Å². The lowest BCUT2D eigenvalue weighted by molar-refractivity contribution is -0.119. The Morgan fingerprint density at radius 2 is 2.15 bits per heavy atom. The van der Waals surface area contributed by atoms with Crippen molar-refractivity contribution in [2.45, 2.75) is 13.5 Å². The molecule has 0 aromatic heterocycles. The van der Waals surface area contributed by atoms with Gasteiger partial charge in [-0.05, 0) is 18.1 Å². The molecule has 0 bridgehead atoms. The lowest BCUT2D eigenvalue weighted by atomic mass is 10.1. The number of amides is 1. The van der Waals surface area contributed by atoms with E-state index in [9.17, 15) is 4.79 Å². The van der Waals surface area contributed by atoms with Crippen LogP contribution < -0.4 is 11.1 Å². The van der Waals surface area contributed by atoms with E-state index < -0.39 is 0 Å². The van der Waals surface area contributed by atoms with Crippen LogP contribution in [0.4, 0.5) is 0 Å². The number of hydrogen-bond donors (Lipinski definition) is 2. The van der Waals surface area contributed by atoms with Crippen molar-refractivity contribution in [3.05, 3.63) is 35.4 Å². The van der Waals surface area contributed by atoms with E-state index in [0.717, 1.165) is 5.56 Å². The van der Waals surface area contributed by atoms with Gasteiger partial charge >= 0.3 is 0 Å². The molecule has 0 aliphatic carbocycles. The predicted molar refractivity (Wildman–Crippen MR) is 52.1 cm³/mol. The van der Waals surface area contributed by atoms with E-state index >= 15 is 0 Å². The first-order valence-electron chi connectivity index (χ1n) is 4.25. The summed E-state index contributed by atoms with van der Waals surface area (Å²) >= 11 is 0. The van der Waals surface area contributed by atoms with Gasteiger partial charge in [0, 0.05) is 6.54 Å². The van der Waals surface area contributed by atoms with Crippen LogP contribution in [0.15, 0.2) is 24.3 Å². The van der Waals surface area contributed by atoms with Crippen molar-refractivity contribution in [2.24, 2.45) is 5.73 Å². The minimum absolute atomic E-state index is 0.0475. The SMILES string of the molecule is Cc1ccccc1CNC(=O)CN. The van der Waals surface area contributed by atoms with Gasteiger partial charge in [-0.15, -0.1) is 0 Å². The van der Waals surface area contributed by atoms with Gasteiger partial charge in [0.15, 0.2) is 0 Å². The molecule has 13 heavy (non-hydrogen) atoms. The molecule has 1 aromatic carbocycles. The third-order valence-corrected chi connectivity index (χ3v) is 1.92. The van der Waals surface area contributed by atoms with Crippen LogP contribution in [0.3, 0.4) is 0 Å². The number of aryl methyl sites for hydroxylation is 1. The van der Waals surface area contributed by atoms with Gasteiger partial charge in [-0.3, -0.25) is 4.79 Å². The van der Waals surface area contributed by atoms with Gasteiger partial charge in [-0.2, -0.15) is 0 Å². The second-order valence-corrected chi connectivity index (χ2v) is 2.91. The summed E-state index contributed by atoms with van der Waals surface area (Å²) in [5.41, 5.74) is 7.47. The van der Waals surface area contributed by atoms with E-state index in [-0.39, 0.29) is 12.5 Å². The molecule has 0 radical (unpaired) electrons. The Morgan fingerprint density at radius 1 is 1.46 bits per heavy atom. The molecule has 0 fully saturated rings. The molecule has 0 saturated heterocycles. The highest BCUT2D eigenvalue weighted by Gasteiger charge is 1.99. The maximum atomic E-state index is 10.9. The fourth-order valence-electron chi connectivity index (χ4n) is 1.07. The van der Waals surface area contributed by atoms with Crippen molar-refractivity contribution in [1.82, 2.24) is 5.32 Å². The highest BCUT2D eigenvalue weighted by atomic mass is 16.1. The number of carbonyl (C=O) groups is 1. The van der Waals surface area contributed by atoms with Crippen LogP contribution in [-0.4, -0.2) is 12.5 Å². The van der Waals surface area contributed by atoms with Crippen molar-refractivity contribution in [2.75, 3.05) is 6.54 Å². The normalized spacial score (nSPS) is 9.69. The van der Waals surface area contributed by atoms with Crippen LogP contribution in [0.5, 0.6) is 0 Å². The summed E-state index contributed by atoms with van der Waals surface area (Å²) in [5, 5.41) is 2.73. The maximum Gasteiger partial charge on any atom is 0.234 e. The van der Waals surface area contributed by atoms with Gasteiger partial charge in [0.25, 0.3) is 0 Å². The molecule has 1 aromatic rings. The molecular formula is C10H14N2O. The minimum atomic E-state index is -0.122. The first-order chi connectivity index (χ1) is 6.24. The van der Waals surface area contributed by atoms with Gasteiger partial charge in [0.05, 0.1) is 6.54 Å². The second kappa shape index (κ2) is 4.62. The number of nitrogens with two attached hydrogens (primary N) is 1. The molecule has 3 N–H and O–H groups in total. The maximum absolute atomic E-state index is 10.9. The van der Waals surface area contributed by atoms with Crippen LogP contribution in [-0.2, 0) is 11.3 Å². The molecule has 0 spiro atoms. The van der Waals surface area contributed by atoms with Crippen molar-refractivity contribution in [3.8, 4) is 0 Å². The Hall–Kier alpha value is -1.35. The molecule has 0 heterocycles. The topological polar surface area (TPSA) is 55.1 Å². The quantitative estimate of drug-likeness (QED) is 0.711. The molecule has 1 rings (SSSR count). The third kappa shape index (κ3) is 2.87. The molecule has 70 valence electrons. The highest BCUT2D eigenvalue weighted by molar-refractivity contribution is 5.77. The van der Waals surface area contributed by atoms with Crippen LogP contribution in [0.1, 0.15) is 11.1 Å². The molecule has 1 amide bonds. The minimum Gasteiger partial charge on any atom is -0.351 e. The Kier molecular flexibility index (Phi) is 3.46. The summed E-state index contributed by atoms with van der Waals surface area (Å²) in [6.07, 6.45) is 0. The van der Waals surface area contributed by atoms with E-state index in [0.29, 0.717) is 6.54 Å². The van der Waals surface area contributed by atoms with E-state index in [1.165, 1.54) is 5.56 Å². The van der Waals surface area contributed by atoms with Gasteiger partial charge in [0.2, 0.25) is 5.91 Å². The van der Waals surface area contributed by atoms with E-state index in [1.54, 1.807) is 0 Å². The van der Waals surface area contributed by atoms with Crippen LogP contribution >= 0.6 is 0 Å². The number of hydrogen-bond acceptors (Lipinski definition) is 2. The summed E-state index contributed by atoms with van der Waals surface area (Å²) in [4.78, 5) is 10.9. The Bertz CT molecular complexity index is 297. The van der Waals surface area contributed by atoms with Crippen LogP contribution in [0.2, 0.25) is 0 Å². The molecule has 0 unspecified atom stereocenters. The molecular weight excluding hydrogens is 164 g/mol. The standard InChI is InChI=1S/C10H14N2O/c1-8-4-2-3-5-9(8)7-12-10(13)6-11/h2-5H,6-7,11H2,1H3,(H,12,13). The van der Waals surface area contributed by atoms with Crippen molar-refractivity contribution < 1.29 is 4.79 Å². The van der Waals surface area contributed by atoms with Gasteiger partial charge < -0.3 is 11.1 Å². The van der Waals surface area contributed by atoms with Gasteiger partial charge in [-0.1, -0.05) is 24.3 Å². The molecule has 0 aliphatic rings. The first kappa shape index (κ1) is 9.74. The number of benzene rings is 1. The summed E-state index contributed by atoms with van der Waals surface area (Å²) in [7, 11) is 0. The monoisotopic (exact) mass is 178 g/mol. The lowest BCUT2D eigenvalue weighted by Gasteiger charge is -2.06. The van der Waals surface area contributed by atoms with E-state index in [1.807, 2.05) is 31.2 Å². The van der Waals surface area contributed by atoms with Gasteiger partial charge in [0.1, 0.15) is 0 Å². The molecule has 0 aliphatic heterocycles. The highest BCUT2D eigenvalue weighted by Crippen LogP contribution is 2.05. The van der Waals surface area contributed by atoms with Crippen molar-refractivity contribution >= 4 is 5.91 Å². The average molecular weight is 178 g/mol. The molecule has 0 saturated carbocycles. The molecule has 0 atom stereocenters. The zero-order chi connectivity index (χ0) is 9.68. The fraction of sp³-hybridized carbons (Fsp3) is 0.300. The van der Waals surface area contributed by atoms with Crippen LogP contribution in [0, 0.1) is 6.92 Å². The lowest BCUT2D eigenvalue weighted by Crippen LogP contribution is -2.29. The molecule has 3 heteroatoms.